The first-order valence-corrected chi connectivity index (χ1v) is 22.3. The fraction of sp³-hybridized carbons (Fsp3) is 0. The van der Waals surface area contributed by atoms with E-state index in [-0.39, 0.29) is 0 Å². The molecule has 0 bridgehead atoms. The fourth-order valence-electron chi connectivity index (χ4n) is 10.4. The summed E-state index contributed by atoms with van der Waals surface area (Å²) in [5, 5.41) is 9.72. The van der Waals surface area contributed by atoms with Gasteiger partial charge in [0.25, 0.3) is 0 Å². The molecule has 0 aliphatic rings. The summed E-state index contributed by atoms with van der Waals surface area (Å²) in [6.07, 6.45) is 0. The zero-order chi connectivity index (χ0) is 44.1. The van der Waals surface area contributed by atoms with Gasteiger partial charge in [0, 0.05) is 27.5 Å². The van der Waals surface area contributed by atoms with E-state index in [4.69, 9.17) is 19.4 Å². The summed E-state index contributed by atoms with van der Waals surface area (Å²) in [4.78, 5) is 16.4. The number of rotatable bonds is 5. The van der Waals surface area contributed by atoms with Crippen molar-refractivity contribution in [3.8, 4) is 56.4 Å². The number of fused-ring (bicyclic) bond motifs is 7. The van der Waals surface area contributed by atoms with E-state index < -0.39 is 0 Å². The molecule has 0 atom stereocenters. The Balaban J connectivity index is 1.15. The Labute approximate surface area is 381 Å². The lowest BCUT2D eigenvalue weighted by molar-refractivity contribution is 0.669. The number of nitrogens with zero attached hydrogens (tertiary/aromatic N) is 3. The van der Waals surface area contributed by atoms with Crippen LogP contribution in [0.25, 0.3) is 111 Å². The lowest BCUT2D eigenvalue weighted by Crippen LogP contribution is -2.51. The highest BCUT2D eigenvalue weighted by Crippen LogP contribution is 2.37. The second kappa shape index (κ2) is 15.2. The SMILES string of the molecule is Bc1c(B)c(B)c2c(c1B)c(B)c(B)c1c(-c3nc(-c4cccc(-c5ccc(-c6ccc7ccccc7c6)cc5)c4)nc(-c4cccc5oc6ccccc6c45)n3)c(B)c(B)c(B)c12. The average molecular weight is 808 g/mol. The Morgan fingerprint density at radius 2 is 0.828 bits per heavy atom. The normalized spacial score (nSPS) is 11.7. The van der Waals surface area contributed by atoms with Crippen LogP contribution in [0.4, 0.5) is 0 Å². The van der Waals surface area contributed by atoms with Crippen molar-refractivity contribution in [2.45, 2.75) is 0 Å². The van der Waals surface area contributed by atoms with Crippen molar-refractivity contribution in [2.24, 2.45) is 0 Å². The van der Waals surface area contributed by atoms with Crippen LogP contribution in [0.15, 0.2) is 138 Å². The molecule has 292 valence electrons. The van der Waals surface area contributed by atoms with Gasteiger partial charge >= 0.3 is 0 Å². The third-order valence-electron chi connectivity index (χ3n) is 14.5. The molecule has 0 N–H and O–H groups in total. The van der Waals surface area contributed by atoms with Gasteiger partial charge in [-0.05, 0) is 78.8 Å². The first-order chi connectivity index (χ1) is 31.0. The molecule has 4 nitrogen and oxygen atoms in total. The van der Waals surface area contributed by atoms with Gasteiger partial charge in [-0.1, -0.05) is 147 Å². The molecule has 0 spiro atoms. The summed E-state index contributed by atoms with van der Waals surface area (Å²) in [7, 11) is 20.5. The van der Waals surface area contributed by atoms with E-state index in [1.165, 1.54) is 92.6 Å². The van der Waals surface area contributed by atoms with Crippen LogP contribution in [-0.4, -0.2) is 85.6 Å². The first kappa shape index (κ1) is 40.0. The Bertz CT molecular complexity index is 3800. The molecule has 0 saturated heterocycles. The number of hydrogen-bond donors (Lipinski definition) is 0. The second-order valence-corrected chi connectivity index (χ2v) is 17.8. The molecule has 0 saturated carbocycles. The van der Waals surface area contributed by atoms with E-state index in [2.05, 4.69) is 180 Å². The number of aromatic nitrogens is 3. The third-order valence-corrected chi connectivity index (χ3v) is 14.5. The minimum absolute atomic E-state index is 0.613. The molecule has 0 aliphatic heterocycles. The van der Waals surface area contributed by atoms with Crippen molar-refractivity contribution in [2.75, 3.05) is 0 Å². The van der Waals surface area contributed by atoms with Gasteiger partial charge in [0.2, 0.25) is 0 Å². The summed E-state index contributed by atoms with van der Waals surface area (Å²) < 4.78 is 6.41. The summed E-state index contributed by atoms with van der Waals surface area (Å²) >= 11 is 0. The molecule has 2 aromatic heterocycles. The van der Waals surface area contributed by atoms with Gasteiger partial charge in [0.15, 0.2) is 17.5 Å². The molecule has 0 radical (unpaired) electrons. The van der Waals surface area contributed by atoms with Crippen LogP contribution < -0.4 is 49.2 Å². The molecule has 13 heteroatoms. The molecule has 9 aromatic carbocycles. The minimum atomic E-state index is 0.613. The van der Waals surface area contributed by atoms with Crippen molar-refractivity contribution >= 4 is 174 Å². The van der Waals surface area contributed by atoms with E-state index in [0.717, 1.165) is 49.8 Å². The van der Waals surface area contributed by atoms with Gasteiger partial charge in [-0.3, -0.25) is 0 Å². The maximum Gasteiger partial charge on any atom is 0.164 e. The number of hydrogen-bond acceptors (Lipinski definition) is 4. The van der Waals surface area contributed by atoms with Gasteiger partial charge in [0.05, 0.1) is 0 Å². The van der Waals surface area contributed by atoms with Crippen LogP contribution in [0.5, 0.6) is 0 Å². The van der Waals surface area contributed by atoms with Gasteiger partial charge in [0.1, 0.15) is 81.8 Å². The van der Waals surface area contributed by atoms with Crippen LogP contribution in [0.2, 0.25) is 0 Å². The highest BCUT2D eigenvalue weighted by molar-refractivity contribution is 6.73. The highest BCUT2D eigenvalue weighted by Gasteiger charge is 2.25. The Morgan fingerprint density at radius 3 is 1.58 bits per heavy atom. The molecular weight excluding hydrogens is 768 g/mol. The standard InChI is InChI=1S/C51H40B9N3O/c52-40-37-35(36-38(43(40)55)44(56)48(60)47(59)42(36)54)41(53)46(58)45(57)39(37)51-62-49(61-50(63-51)31-12-6-14-33-34(31)30-11-3-4-13-32(30)64-33)29-10-5-9-27(22-29)24-15-17-25(18-16-24)28-20-19-23-7-1-2-8-26(23)21-28/h1-22H,52-60H2. The maximum atomic E-state index is 6.41. The van der Waals surface area contributed by atoms with Crippen molar-refractivity contribution in [1.82, 2.24) is 15.0 Å². The molecule has 0 aliphatic carbocycles. The number of furan rings is 1. The maximum absolute atomic E-state index is 6.41. The zero-order valence-corrected chi connectivity index (χ0v) is 38.0. The Morgan fingerprint density at radius 1 is 0.312 bits per heavy atom. The summed E-state index contributed by atoms with van der Waals surface area (Å²) in [6, 6.07) is 47.1. The monoisotopic (exact) mass is 809 g/mol. The molecule has 11 aromatic rings. The van der Waals surface area contributed by atoms with E-state index in [0.29, 0.717) is 17.5 Å². The molecule has 2 heterocycles. The summed E-state index contributed by atoms with van der Waals surface area (Å²) in [6.45, 7) is 0. The van der Waals surface area contributed by atoms with E-state index in [9.17, 15) is 0 Å². The minimum Gasteiger partial charge on any atom is -0.456 e. The van der Waals surface area contributed by atoms with Crippen LogP contribution in [0.3, 0.4) is 0 Å². The predicted molar refractivity (Wildman–Crippen MR) is 300 cm³/mol. The predicted octanol–water partition coefficient (Wildman–Crippen LogP) is -2.11. The fourth-order valence-corrected chi connectivity index (χ4v) is 10.4. The second-order valence-electron chi connectivity index (χ2n) is 17.8. The number of para-hydroxylation sites is 1. The van der Waals surface area contributed by atoms with Crippen molar-refractivity contribution in [1.29, 1.82) is 0 Å². The first-order valence-electron chi connectivity index (χ1n) is 22.3. The lowest BCUT2D eigenvalue weighted by atomic mass is 9.58. The van der Waals surface area contributed by atoms with Crippen molar-refractivity contribution < 1.29 is 4.42 Å². The Kier molecular flexibility index (Phi) is 9.47. The molecule has 0 fully saturated rings. The largest absolute Gasteiger partial charge is 0.456 e. The van der Waals surface area contributed by atoms with Gasteiger partial charge in [-0.2, -0.15) is 0 Å². The highest BCUT2D eigenvalue weighted by atomic mass is 16.3. The molecule has 0 unspecified atom stereocenters. The van der Waals surface area contributed by atoms with Gasteiger partial charge in [-0.15, -0.1) is 10.9 Å². The lowest BCUT2D eigenvalue weighted by Gasteiger charge is -2.26. The molecular formula is C51H40B9N3O. The smallest absolute Gasteiger partial charge is 0.164 e. The van der Waals surface area contributed by atoms with Gasteiger partial charge < -0.3 is 4.42 Å². The third kappa shape index (κ3) is 6.15. The van der Waals surface area contributed by atoms with Gasteiger partial charge in [-0.25, -0.2) is 15.0 Å². The number of benzene rings is 9. The average Bonchev–Trinajstić information content (AvgIpc) is 3.72. The van der Waals surface area contributed by atoms with Crippen LogP contribution in [-0.2, 0) is 0 Å². The molecule has 0 amide bonds. The van der Waals surface area contributed by atoms with E-state index in [1.807, 2.05) is 24.3 Å². The van der Waals surface area contributed by atoms with Crippen molar-refractivity contribution in [3.05, 3.63) is 133 Å². The van der Waals surface area contributed by atoms with Crippen molar-refractivity contribution in [3.63, 3.8) is 0 Å². The zero-order valence-electron chi connectivity index (χ0n) is 38.0. The van der Waals surface area contributed by atoms with E-state index in [1.54, 1.807) is 0 Å². The molecule has 11 rings (SSSR count). The van der Waals surface area contributed by atoms with Crippen LogP contribution in [0.1, 0.15) is 0 Å². The summed E-state index contributed by atoms with van der Waals surface area (Å²) in [5.74, 6) is 1.90. The topological polar surface area (TPSA) is 51.8 Å². The quantitative estimate of drug-likeness (QED) is 0.148. The van der Waals surface area contributed by atoms with Crippen LogP contribution in [0, 0.1) is 0 Å². The van der Waals surface area contributed by atoms with Crippen LogP contribution >= 0.6 is 0 Å². The Hall–Kier alpha value is -6.85. The molecule has 64 heavy (non-hydrogen) atoms. The summed E-state index contributed by atoms with van der Waals surface area (Å²) in [5.41, 5.74) is 20.8. The van der Waals surface area contributed by atoms with E-state index >= 15 is 0 Å².